The Morgan fingerprint density at radius 2 is 1.97 bits per heavy atom. The van der Waals surface area contributed by atoms with Gasteiger partial charge in [-0.05, 0) is 49.4 Å². The summed E-state index contributed by atoms with van der Waals surface area (Å²) >= 11 is 0. The Bertz CT molecular complexity index is 1140. The zero-order valence-electron chi connectivity index (χ0n) is 16.2. The summed E-state index contributed by atoms with van der Waals surface area (Å²) in [5, 5.41) is 16.8. The molecule has 148 valence electrons. The molecule has 0 radical (unpaired) electrons. The fourth-order valence-electron chi connectivity index (χ4n) is 3.15. The molecule has 0 spiro atoms. The number of hydrogen-bond acceptors (Lipinski definition) is 6. The number of rotatable bonds is 6. The third kappa shape index (κ3) is 3.49. The SMILES string of the molecule is COc1ccc2c(c1)c(OC(C)C)c(C(=O)Nc1nn[nH]n1)n2-c1ccccc1. The third-order valence-corrected chi connectivity index (χ3v) is 4.28. The minimum atomic E-state index is -0.416. The molecule has 0 aliphatic heterocycles. The van der Waals surface area contributed by atoms with Gasteiger partial charge in [-0.2, -0.15) is 5.21 Å². The van der Waals surface area contributed by atoms with Gasteiger partial charge in [-0.1, -0.05) is 23.3 Å². The number of carbonyl (C=O) groups is 1. The molecule has 2 aromatic heterocycles. The highest BCUT2D eigenvalue weighted by Crippen LogP contribution is 2.38. The fraction of sp³-hybridized carbons (Fsp3) is 0.200. The number of fused-ring (bicyclic) bond motifs is 1. The first-order valence-corrected chi connectivity index (χ1v) is 9.07. The molecule has 0 unspecified atom stereocenters. The van der Waals surface area contributed by atoms with Crippen molar-refractivity contribution in [3.05, 3.63) is 54.2 Å². The highest BCUT2D eigenvalue weighted by molar-refractivity contribution is 6.10. The van der Waals surface area contributed by atoms with E-state index in [0.29, 0.717) is 17.2 Å². The number of H-pyrrole nitrogens is 1. The number of anilines is 1. The molecule has 0 fully saturated rings. The summed E-state index contributed by atoms with van der Waals surface area (Å²) < 4.78 is 13.3. The molecule has 2 N–H and O–H groups in total. The molecule has 0 saturated carbocycles. The molecule has 4 aromatic rings. The van der Waals surface area contributed by atoms with Crippen LogP contribution in [0.3, 0.4) is 0 Å². The first kappa shape index (κ1) is 18.5. The Morgan fingerprint density at radius 1 is 1.17 bits per heavy atom. The second-order valence-corrected chi connectivity index (χ2v) is 6.59. The summed E-state index contributed by atoms with van der Waals surface area (Å²) in [6.07, 6.45) is -0.146. The number of aromatic nitrogens is 5. The zero-order valence-corrected chi connectivity index (χ0v) is 16.2. The molecule has 0 aliphatic rings. The molecule has 4 rings (SSSR count). The second kappa shape index (κ2) is 7.63. The Morgan fingerprint density at radius 3 is 2.62 bits per heavy atom. The Kier molecular flexibility index (Phi) is 4.86. The maximum atomic E-state index is 13.3. The number of ether oxygens (including phenoxy) is 2. The van der Waals surface area contributed by atoms with Crippen molar-refractivity contribution in [3.8, 4) is 17.2 Å². The predicted molar refractivity (Wildman–Crippen MR) is 108 cm³/mol. The van der Waals surface area contributed by atoms with E-state index in [1.54, 1.807) is 7.11 Å². The second-order valence-electron chi connectivity index (χ2n) is 6.59. The van der Waals surface area contributed by atoms with E-state index in [1.807, 2.05) is 66.9 Å². The van der Waals surface area contributed by atoms with Crippen LogP contribution in [0.1, 0.15) is 24.3 Å². The summed E-state index contributed by atoms with van der Waals surface area (Å²) in [5.74, 6) is 0.786. The van der Waals surface area contributed by atoms with Crippen LogP contribution in [-0.2, 0) is 0 Å². The molecule has 0 bridgehead atoms. The normalized spacial score (nSPS) is 11.0. The van der Waals surface area contributed by atoms with Gasteiger partial charge in [-0.25, -0.2) is 0 Å². The summed E-state index contributed by atoms with van der Waals surface area (Å²) in [6.45, 7) is 3.82. The van der Waals surface area contributed by atoms with E-state index in [9.17, 15) is 4.79 Å². The number of nitrogens with one attached hydrogen (secondary N) is 2. The number of tetrazole rings is 1. The minimum Gasteiger partial charge on any atom is -0.497 e. The molecule has 9 nitrogen and oxygen atoms in total. The average Bonchev–Trinajstić information content (AvgIpc) is 3.34. The average molecular weight is 392 g/mol. The lowest BCUT2D eigenvalue weighted by Gasteiger charge is -2.13. The predicted octanol–water partition coefficient (Wildman–Crippen LogP) is 3.19. The fourth-order valence-corrected chi connectivity index (χ4v) is 3.15. The molecule has 1 amide bonds. The van der Waals surface area contributed by atoms with Crippen LogP contribution in [0.2, 0.25) is 0 Å². The van der Waals surface area contributed by atoms with E-state index in [2.05, 4.69) is 25.9 Å². The van der Waals surface area contributed by atoms with Gasteiger partial charge >= 0.3 is 0 Å². The summed E-state index contributed by atoms with van der Waals surface area (Å²) in [6, 6.07) is 15.2. The van der Waals surface area contributed by atoms with Crippen LogP contribution in [0.15, 0.2) is 48.5 Å². The smallest absolute Gasteiger partial charge is 0.279 e. The van der Waals surface area contributed by atoms with Gasteiger partial charge in [0, 0.05) is 11.1 Å². The van der Waals surface area contributed by atoms with Gasteiger partial charge in [0.15, 0.2) is 11.4 Å². The van der Waals surface area contributed by atoms with Crippen molar-refractivity contribution in [2.75, 3.05) is 12.4 Å². The molecular formula is C20H20N6O3. The van der Waals surface area contributed by atoms with Crippen LogP contribution in [0.25, 0.3) is 16.6 Å². The number of nitrogens with zero attached hydrogens (tertiary/aromatic N) is 4. The number of benzene rings is 2. The van der Waals surface area contributed by atoms with Gasteiger partial charge < -0.3 is 14.0 Å². The molecule has 9 heteroatoms. The van der Waals surface area contributed by atoms with E-state index >= 15 is 0 Å². The lowest BCUT2D eigenvalue weighted by molar-refractivity contribution is 0.101. The summed E-state index contributed by atoms with van der Waals surface area (Å²) in [4.78, 5) is 13.3. The van der Waals surface area contributed by atoms with E-state index in [1.165, 1.54) is 0 Å². The maximum absolute atomic E-state index is 13.3. The third-order valence-electron chi connectivity index (χ3n) is 4.28. The molecule has 0 aliphatic carbocycles. The van der Waals surface area contributed by atoms with Gasteiger partial charge in [-0.3, -0.25) is 10.1 Å². The first-order valence-electron chi connectivity index (χ1n) is 9.07. The van der Waals surface area contributed by atoms with Crippen LogP contribution in [-0.4, -0.2) is 44.3 Å². The molecule has 29 heavy (non-hydrogen) atoms. The van der Waals surface area contributed by atoms with Crippen molar-refractivity contribution in [1.82, 2.24) is 25.2 Å². The van der Waals surface area contributed by atoms with Crippen LogP contribution in [0, 0.1) is 0 Å². The minimum absolute atomic E-state index is 0.0768. The van der Waals surface area contributed by atoms with Gasteiger partial charge in [-0.15, -0.1) is 5.10 Å². The number of hydrogen-bond donors (Lipinski definition) is 2. The van der Waals surface area contributed by atoms with E-state index < -0.39 is 5.91 Å². The summed E-state index contributed by atoms with van der Waals surface area (Å²) in [7, 11) is 1.60. The Hall–Kier alpha value is -3.88. The van der Waals surface area contributed by atoms with Crippen LogP contribution in [0.5, 0.6) is 11.5 Å². The highest BCUT2D eigenvalue weighted by atomic mass is 16.5. The number of methoxy groups -OCH3 is 1. The maximum Gasteiger partial charge on any atom is 0.279 e. The van der Waals surface area contributed by atoms with Gasteiger partial charge in [0.1, 0.15) is 5.75 Å². The molecule has 2 heterocycles. The van der Waals surface area contributed by atoms with Crippen molar-refractivity contribution in [2.45, 2.75) is 20.0 Å². The van der Waals surface area contributed by atoms with E-state index in [0.717, 1.165) is 16.6 Å². The van der Waals surface area contributed by atoms with Crippen molar-refractivity contribution in [1.29, 1.82) is 0 Å². The lowest BCUT2D eigenvalue weighted by atomic mass is 10.2. The van der Waals surface area contributed by atoms with E-state index in [4.69, 9.17) is 9.47 Å². The van der Waals surface area contributed by atoms with E-state index in [-0.39, 0.29) is 12.1 Å². The highest BCUT2D eigenvalue weighted by Gasteiger charge is 2.27. The topological polar surface area (TPSA) is 107 Å². The number of para-hydroxylation sites is 1. The number of carbonyl (C=O) groups excluding carboxylic acids is 1. The van der Waals surface area contributed by atoms with Crippen LogP contribution < -0.4 is 14.8 Å². The standard InChI is InChI=1S/C20H20N6O3/c1-12(2)29-18-15-11-14(28-3)9-10-16(15)26(13-7-5-4-6-8-13)17(18)19(27)21-20-22-24-25-23-20/h4-12H,1-3H3,(H2,21,22,23,24,25,27). The lowest BCUT2D eigenvalue weighted by Crippen LogP contribution is -2.19. The molecule has 0 saturated heterocycles. The monoisotopic (exact) mass is 392 g/mol. The van der Waals surface area contributed by atoms with Crippen LogP contribution >= 0.6 is 0 Å². The van der Waals surface area contributed by atoms with Crippen molar-refractivity contribution >= 4 is 22.8 Å². The molecule has 0 atom stereocenters. The quantitative estimate of drug-likeness (QED) is 0.522. The Balaban J connectivity index is 1.99. The summed E-state index contributed by atoms with van der Waals surface area (Å²) in [5.41, 5.74) is 1.96. The number of aromatic amines is 1. The van der Waals surface area contributed by atoms with Gasteiger partial charge in [0.05, 0.1) is 18.7 Å². The number of amides is 1. The largest absolute Gasteiger partial charge is 0.497 e. The van der Waals surface area contributed by atoms with Crippen molar-refractivity contribution in [2.24, 2.45) is 0 Å². The van der Waals surface area contributed by atoms with Crippen molar-refractivity contribution < 1.29 is 14.3 Å². The van der Waals surface area contributed by atoms with Crippen LogP contribution in [0.4, 0.5) is 5.95 Å². The molecular weight excluding hydrogens is 372 g/mol. The van der Waals surface area contributed by atoms with Gasteiger partial charge in [0.2, 0.25) is 0 Å². The first-order chi connectivity index (χ1) is 14.1. The van der Waals surface area contributed by atoms with Crippen molar-refractivity contribution in [3.63, 3.8) is 0 Å². The zero-order chi connectivity index (χ0) is 20.4. The van der Waals surface area contributed by atoms with Gasteiger partial charge in [0.25, 0.3) is 11.9 Å². The molecule has 2 aromatic carbocycles. The Labute approximate surface area is 166 Å².